The molecule has 0 aromatic heterocycles. The lowest BCUT2D eigenvalue weighted by atomic mass is 9.91. The summed E-state index contributed by atoms with van der Waals surface area (Å²) in [5.41, 5.74) is -0.0552. The Bertz CT molecular complexity index is 800. The maximum absolute atomic E-state index is 12.8. The lowest BCUT2D eigenvalue weighted by Gasteiger charge is -2.39. The molecule has 1 N–H and O–H groups in total. The Kier molecular flexibility index (Phi) is 6.19. The Hall–Kier alpha value is -3.01. The first-order valence-electron chi connectivity index (χ1n) is 9.72. The smallest absolute Gasteiger partial charge is 0.238 e. The molecule has 1 heterocycles. The molecule has 2 unspecified atom stereocenters. The van der Waals surface area contributed by atoms with Crippen LogP contribution in [0.15, 0.2) is 24.3 Å². The third kappa shape index (κ3) is 4.28. The van der Waals surface area contributed by atoms with Gasteiger partial charge >= 0.3 is 0 Å². The number of hydrogen-bond donors (Lipinski definition) is 1. The van der Waals surface area contributed by atoms with Crippen molar-refractivity contribution in [3.63, 3.8) is 0 Å². The van der Waals surface area contributed by atoms with Gasteiger partial charge < -0.3 is 9.64 Å². The Morgan fingerprint density at radius 3 is 2.46 bits per heavy atom. The number of carbonyl (C=O) groups excluding carboxylic acids is 1. The molecular weight excluding hydrogens is 352 g/mol. The molecule has 2 fully saturated rings. The summed E-state index contributed by atoms with van der Waals surface area (Å²) >= 11 is 0. The second-order valence-corrected chi connectivity index (χ2v) is 7.35. The summed E-state index contributed by atoms with van der Waals surface area (Å²) in [6.45, 7) is 0.0760. The van der Waals surface area contributed by atoms with E-state index in [-0.39, 0.29) is 18.5 Å². The van der Waals surface area contributed by atoms with Gasteiger partial charge in [0.25, 0.3) is 0 Å². The molecule has 6 nitrogen and oxygen atoms in total. The van der Waals surface area contributed by atoms with Crippen LogP contribution >= 0.6 is 0 Å². The molecule has 1 saturated carbocycles. The van der Waals surface area contributed by atoms with Crippen LogP contribution in [0.2, 0.25) is 0 Å². The van der Waals surface area contributed by atoms with Crippen molar-refractivity contribution in [3.8, 4) is 30.2 Å². The molecule has 1 aliphatic carbocycles. The zero-order valence-electron chi connectivity index (χ0n) is 15.9. The summed E-state index contributed by atoms with van der Waals surface area (Å²) in [5.74, 6) is 3.12. The maximum atomic E-state index is 12.8. The van der Waals surface area contributed by atoms with E-state index in [1.54, 1.807) is 24.3 Å². The summed E-state index contributed by atoms with van der Waals surface area (Å²) in [6.07, 6.45) is 11.6. The quantitative estimate of drug-likeness (QED) is 0.630. The van der Waals surface area contributed by atoms with Crippen LogP contribution < -0.4 is 10.1 Å². The summed E-state index contributed by atoms with van der Waals surface area (Å²) in [4.78, 5) is 14.4. The SMILES string of the molecule is C#CC1CCC(C#N)N1C(=O)CNC1(Oc2ccc(C#N)cc2)CCCCC1. The second-order valence-electron chi connectivity index (χ2n) is 7.35. The average molecular weight is 376 g/mol. The second kappa shape index (κ2) is 8.79. The minimum atomic E-state index is -0.629. The number of rotatable bonds is 5. The maximum Gasteiger partial charge on any atom is 0.238 e. The van der Waals surface area contributed by atoms with Gasteiger partial charge in [0, 0.05) is 12.8 Å². The number of nitrogens with zero attached hydrogens (tertiary/aromatic N) is 3. The van der Waals surface area contributed by atoms with E-state index >= 15 is 0 Å². The van der Waals surface area contributed by atoms with Gasteiger partial charge in [0.15, 0.2) is 5.72 Å². The van der Waals surface area contributed by atoms with Crippen LogP contribution in [0.4, 0.5) is 0 Å². The Morgan fingerprint density at radius 1 is 1.18 bits per heavy atom. The molecule has 0 radical (unpaired) electrons. The number of hydrogen-bond acceptors (Lipinski definition) is 5. The van der Waals surface area contributed by atoms with Crippen LogP contribution in [0.5, 0.6) is 5.75 Å². The van der Waals surface area contributed by atoms with Crippen molar-refractivity contribution < 1.29 is 9.53 Å². The normalized spacial score (nSPS) is 23.2. The summed E-state index contributed by atoms with van der Waals surface area (Å²) in [7, 11) is 0. The number of terminal acetylenes is 1. The number of nitrogens with one attached hydrogen (secondary N) is 1. The first-order valence-corrected chi connectivity index (χ1v) is 9.72. The molecule has 144 valence electrons. The van der Waals surface area contributed by atoms with Gasteiger partial charge in [-0.05, 0) is 49.9 Å². The summed E-state index contributed by atoms with van der Waals surface area (Å²) < 4.78 is 6.27. The van der Waals surface area contributed by atoms with Gasteiger partial charge in [-0.25, -0.2) is 0 Å². The minimum Gasteiger partial charge on any atom is -0.473 e. The average Bonchev–Trinajstić information content (AvgIpc) is 3.16. The molecule has 2 aliphatic rings. The van der Waals surface area contributed by atoms with E-state index in [0.29, 0.717) is 24.2 Å². The van der Waals surface area contributed by atoms with E-state index in [4.69, 9.17) is 16.4 Å². The first kappa shape index (κ1) is 19.7. The van der Waals surface area contributed by atoms with E-state index in [0.717, 1.165) is 32.1 Å². The third-order valence-electron chi connectivity index (χ3n) is 5.53. The molecule has 1 aromatic rings. The summed E-state index contributed by atoms with van der Waals surface area (Å²) in [5, 5.41) is 21.6. The van der Waals surface area contributed by atoms with Gasteiger partial charge in [-0.3, -0.25) is 10.1 Å². The molecule has 1 aromatic carbocycles. The summed E-state index contributed by atoms with van der Waals surface area (Å²) in [6, 6.07) is 10.5. The molecule has 1 amide bonds. The molecule has 3 rings (SSSR count). The van der Waals surface area contributed by atoms with Crippen LogP contribution in [0.25, 0.3) is 0 Å². The van der Waals surface area contributed by atoms with Gasteiger partial charge in [-0.1, -0.05) is 12.3 Å². The van der Waals surface area contributed by atoms with Gasteiger partial charge in [-0.15, -0.1) is 6.42 Å². The lowest BCUT2D eigenvalue weighted by Crippen LogP contribution is -2.55. The van der Waals surface area contributed by atoms with Crippen LogP contribution in [0, 0.1) is 35.0 Å². The van der Waals surface area contributed by atoms with E-state index in [1.807, 2.05) is 0 Å². The van der Waals surface area contributed by atoms with Crippen LogP contribution in [0.3, 0.4) is 0 Å². The standard InChI is InChI=1S/C22H24N4O2/c1-2-18-8-9-19(15-24)26(18)21(27)16-25-22(12-4-3-5-13-22)28-20-10-6-17(14-23)7-11-20/h1,6-7,10-11,18-19,25H,3-5,8-9,12-13,16H2. The van der Waals surface area contributed by atoms with Gasteiger partial charge in [-0.2, -0.15) is 10.5 Å². The fourth-order valence-electron chi connectivity index (χ4n) is 4.04. The molecule has 6 heteroatoms. The molecule has 2 atom stereocenters. The molecule has 0 bridgehead atoms. The highest BCUT2D eigenvalue weighted by molar-refractivity contribution is 5.80. The predicted octanol–water partition coefficient (Wildman–Crippen LogP) is 2.70. The third-order valence-corrected chi connectivity index (χ3v) is 5.53. The molecule has 0 spiro atoms. The highest BCUT2D eigenvalue weighted by atomic mass is 16.5. The zero-order chi connectivity index (χ0) is 20.0. The number of carbonyl (C=O) groups is 1. The van der Waals surface area contributed by atoms with Crippen molar-refractivity contribution in [3.05, 3.63) is 29.8 Å². The van der Waals surface area contributed by atoms with Crippen LogP contribution in [0.1, 0.15) is 50.5 Å². The van der Waals surface area contributed by atoms with Crippen molar-refractivity contribution in [2.24, 2.45) is 0 Å². The number of amides is 1. The number of nitriles is 2. The number of ether oxygens (including phenoxy) is 1. The molecule has 28 heavy (non-hydrogen) atoms. The van der Waals surface area contributed by atoms with Gasteiger partial charge in [0.2, 0.25) is 5.91 Å². The first-order chi connectivity index (χ1) is 13.6. The lowest BCUT2D eigenvalue weighted by molar-refractivity contribution is -0.133. The van der Waals surface area contributed by atoms with Crippen molar-refractivity contribution >= 4 is 5.91 Å². The highest BCUT2D eigenvalue weighted by Crippen LogP contribution is 2.31. The van der Waals surface area contributed by atoms with E-state index in [2.05, 4.69) is 23.4 Å². The van der Waals surface area contributed by atoms with Gasteiger partial charge in [0.05, 0.1) is 30.3 Å². The van der Waals surface area contributed by atoms with Crippen molar-refractivity contribution in [1.29, 1.82) is 10.5 Å². The number of likely N-dealkylation sites (tertiary alicyclic amines) is 1. The zero-order valence-corrected chi connectivity index (χ0v) is 15.9. The van der Waals surface area contributed by atoms with Gasteiger partial charge in [0.1, 0.15) is 11.8 Å². The monoisotopic (exact) mass is 376 g/mol. The highest BCUT2D eigenvalue weighted by Gasteiger charge is 2.39. The van der Waals surface area contributed by atoms with Crippen molar-refractivity contribution in [2.45, 2.75) is 62.8 Å². The Balaban J connectivity index is 1.70. The van der Waals surface area contributed by atoms with Crippen LogP contribution in [-0.4, -0.2) is 35.2 Å². The Labute approximate surface area is 166 Å². The fourth-order valence-corrected chi connectivity index (χ4v) is 4.04. The van der Waals surface area contributed by atoms with E-state index < -0.39 is 11.8 Å². The largest absolute Gasteiger partial charge is 0.473 e. The number of benzene rings is 1. The van der Waals surface area contributed by atoms with E-state index in [1.165, 1.54) is 4.90 Å². The topological polar surface area (TPSA) is 89.2 Å². The molecule has 1 aliphatic heterocycles. The van der Waals surface area contributed by atoms with E-state index in [9.17, 15) is 10.1 Å². The molecule has 1 saturated heterocycles. The predicted molar refractivity (Wildman–Crippen MR) is 104 cm³/mol. The molecular formula is C22H24N4O2. The van der Waals surface area contributed by atoms with Crippen LogP contribution in [-0.2, 0) is 4.79 Å². The fraction of sp³-hybridized carbons (Fsp3) is 0.500. The minimum absolute atomic E-state index is 0.0760. The van der Waals surface area contributed by atoms with Crippen molar-refractivity contribution in [2.75, 3.05) is 6.54 Å². The van der Waals surface area contributed by atoms with Crippen molar-refractivity contribution in [1.82, 2.24) is 10.2 Å². The Morgan fingerprint density at radius 2 is 1.86 bits per heavy atom.